The van der Waals surface area contributed by atoms with E-state index in [0.29, 0.717) is 18.3 Å². The molecule has 2 saturated carbocycles. The van der Waals surface area contributed by atoms with Crippen molar-refractivity contribution < 1.29 is 14.3 Å². The van der Waals surface area contributed by atoms with E-state index in [-0.39, 0.29) is 17.9 Å². The van der Waals surface area contributed by atoms with Crippen molar-refractivity contribution in [3.8, 4) is 0 Å². The number of allylic oxidation sites excluding steroid dienone is 1. The van der Waals surface area contributed by atoms with Crippen LogP contribution >= 0.6 is 0 Å². The van der Waals surface area contributed by atoms with Crippen LogP contribution < -0.4 is 15.5 Å². The first-order valence-electron chi connectivity index (χ1n) is 9.81. The van der Waals surface area contributed by atoms with Crippen molar-refractivity contribution in [2.75, 3.05) is 23.5 Å². The summed E-state index contributed by atoms with van der Waals surface area (Å²) < 4.78 is 4.97. The molecule has 148 valence electrons. The number of amides is 2. The summed E-state index contributed by atoms with van der Waals surface area (Å²) in [5.74, 6) is 0.217. The average molecular weight is 382 g/mol. The van der Waals surface area contributed by atoms with Gasteiger partial charge in [-0.2, -0.15) is 0 Å². The van der Waals surface area contributed by atoms with E-state index >= 15 is 0 Å². The Morgan fingerprint density at radius 3 is 2.57 bits per heavy atom. The van der Waals surface area contributed by atoms with E-state index in [1.807, 2.05) is 30.0 Å². The molecular formula is C21H26N4O3. The van der Waals surface area contributed by atoms with E-state index in [9.17, 15) is 9.59 Å². The second-order valence-corrected chi connectivity index (χ2v) is 7.75. The maximum Gasteiger partial charge on any atom is 0.414 e. The van der Waals surface area contributed by atoms with Gasteiger partial charge in [0.2, 0.25) is 5.91 Å². The van der Waals surface area contributed by atoms with Gasteiger partial charge in [-0.15, -0.1) is 0 Å². The summed E-state index contributed by atoms with van der Waals surface area (Å²) in [6, 6.07) is 5.92. The third-order valence-electron chi connectivity index (χ3n) is 5.46. The van der Waals surface area contributed by atoms with Crippen molar-refractivity contribution in [3.05, 3.63) is 30.0 Å². The summed E-state index contributed by atoms with van der Waals surface area (Å²) >= 11 is 0. The van der Waals surface area contributed by atoms with Crippen molar-refractivity contribution in [2.45, 2.75) is 44.7 Å². The summed E-state index contributed by atoms with van der Waals surface area (Å²) in [5.41, 5.74) is 8.92. The van der Waals surface area contributed by atoms with Crippen LogP contribution in [-0.2, 0) is 9.53 Å². The summed E-state index contributed by atoms with van der Waals surface area (Å²) in [7, 11) is 1.37. The van der Waals surface area contributed by atoms with Crippen molar-refractivity contribution in [1.82, 2.24) is 0 Å². The minimum Gasteiger partial charge on any atom is -0.452 e. The van der Waals surface area contributed by atoms with Gasteiger partial charge in [0.1, 0.15) is 0 Å². The minimum absolute atomic E-state index is 0.0920. The van der Waals surface area contributed by atoms with Gasteiger partial charge in [-0.1, -0.05) is 6.07 Å². The van der Waals surface area contributed by atoms with Crippen LogP contribution in [0.25, 0.3) is 5.57 Å². The SMILES string of the molecule is COC(=O)N1c2ccc(C(C=NC3CC3)=CN)cc2N(C(=O)C2CC2)C[C@@H]1C. The molecule has 7 heteroatoms. The number of anilines is 2. The number of methoxy groups -OCH3 is 1. The first-order chi connectivity index (χ1) is 13.5. The van der Waals surface area contributed by atoms with Gasteiger partial charge in [0.25, 0.3) is 0 Å². The molecule has 0 radical (unpaired) electrons. The predicted molar refractivity (Wildman–Crippen MR) is 110 cm³/mol. The number of ether oxygens (including phenoxy) is 1. The molecule has 1 heterocycles. The topological polar surface area (TPSA) is 88.2 Å². The van der Waals surface area contributed by atoms with Crippen molar-refractivity contribution in [1.29, 1.82) is 0 Å². The van der Waals surface area contributed by atoms with E-state index in [0.717, 1.165) is 42.5 Å². The van der Waals surface area contributed by atoms with E-state index < -0.39 is 6.09 Å². The quantitative estimate of drug-likeness (QED) is 0.811. The van der Waals surface area contributed by atoms with Crippen molar-refractivity contribution >= 4 is 35.2 Å². The smallest absolute Gasteiger partial charge is 0.414 e. The summed E-state index contributed by atoms with van der Waals surface area (Å²) in [6.07, 6.45) is 7.01. The van der Waals surface area contributed by atoms with Crippen LogP contribution in [0, 0.1) is 5.92 Å². The summed E-state index contributed by atoms with van der Waals surface area (Å²) in [5, 5.41) is 0. The normalized spacial score (nSPS) is 22.4. The number of fused-ring (bicyclic) bond motifs is 1. The van der Waals surface area contributed by atoms with Gasteiger partial charge < -0.3 is 15.4 Å². The van der Waals surface area contributed by atoms with E-state index in [1.54, 1.807) is 11.1 Å². The number of aliphatic imine (C=N–C) groups is 1. The minimum atomic E-state index is -0.426. The Kier molecular flexibility index (Phi) is 4.83. The van der Waals surface area contributed by atoms with Crippen LogP contribution in [-0.4, -0.2) is 44.0 Å². The molecular weight excluding hydrogens is 356 g/mol. The molecule has 0 aromatic heterocycles. The van der Waals surface area contributed by atoms with Gasteiger partial charge in [-0.05, 0) is 50.3 Å². The molecule has 3 aliphatic rings. The van der Waals surface area contributed by atoms with Gasteiger partial charge in [-0.3, -0.25) is 14.7 Å². The zero-order chi connectivity index (χ0) is 19.8. The molecule has 0 spiro atoms. The molecule has 0 saturated heterocycles. The average Bonchev–Trinajstić information content (AvgIpc) is 3.60. The van der Waals surface area contributed by atoms with Gasteiger partial charge in [-0.25, -0.2) is 4.79 Å². The lowest BCUT2D eigenvalue weighted by molar-refractivity contribution is -0.119. The highest BCUT2D eigenvalue weighted by molar-refractivity contribution is 6.11. The van der Waals surface area contributed by atoms with Gasteiger partial charge in [0.15, 0.2) is 0 Å². The Balaban J connectivity index is 1.74. The fourth-order valence-electron chi connectivity index (χ4n) is 3.56. The third kappa shape index (κ3) is 3.48. The number of benzene rings is 1. The third-order valence-corrected chi connectivity index (χ3v) is 5.46. The van der Waals surface area contributed by atoms with E-state index in [1.165, 1.54) is 13.3 Å². The highest BCUT2D eigenvalue weighted by Gasteiger charge is 2.40. The predicted octanol–water partition coefficient (Wildman–Crippen LogP) is 2.94. The van der Waals surface area contributed by atoms with E-state index in [2.05, 4.69) is 4.99 Å². The van der Waals surface area contributed by atoms with Gasteiger partial charge in [0, 0.05) is 30.5 Å². The summed E-state index contributed by atoms with van der Waals surface area (Å²) in [6.45, 7) is 2.37. The number of hydrogen-bond donors (Lipinski definition) is 1. The van der Waals surface area contributed by atoms with Gasteiger partial charge in [0.05, 0.1) is 30.6 Å². The second-order valence-electron chi connectivity index (χ2n) is 7.75. The highest BCUT2D eigenvalue weighted by Crippen LogP contribution is 2.41. The van der Waals surface area contributed by atoms with E-state index in [4.69, 9.17) is 10.5 Å². The molecule has 1 aromatic rings. The molecule has 28 heavy (non-hydrogen) atoms. The number of carbonyl (C=O) groups is 2. The Labute approximate surface area is 164 Å². The molecule has 2 fully saturated rings. The molecule has 1 atom stereocenters. The Morgan fingerprint density at radius 2 is 1.96 bits per heavy atom. The van der Waals surface area contributed by atoms with Crippen LogP contribution in [0.4, 0.5) is 16.2 Å². The monoisotopic (exact) mass is 382 g/mol. The van der Waals surface area contributed by atoms with Gasteiger partial charge >= 0.3 is 6.09 Å². The molecule has 1 aliphatic heterocycles. The lowest BCUT2D eigenvalue weighted by Gasteiger charge is -2.40. The number of hydrogen-bond acceptors (Lipinski definition) is 5. The molecule has 1 aromatic carbocycles. The maximum absolute atomic E-state index is 12.9. The number of nitrogens with zero attached hydrogens (tertiary/aromatic N) is 3. The highest BCUT2D eigenvalue weighted by atomic mass is 16.5. The lowest BCUT2D eigenvalue weighted by atomic mass is 10.0. The fourth-order valence-corrected chi connectivity index (χ4v) is 3.56. The van der Waals surface area contributed by atoms with Crippen LogP contribution in [0.1, 0.15) is 38.2 Å². The number of carbonyl (C=O) groups excluding carboxylic acids is 2. The second kappa shape index (κ2) is 7.30. The molecule has 2 aliphatic carbocycles. The molecule has 7 nitrogen and oxygen atoms in total. The first kappa shape index (κ1) is 18.5. The Bertz CT molecular complexity index is 855. The zero-order valence-corrected chi connectivity index (χ0v) is 16.3. The molecule has 0 bridgehead atoms. The maximum atomic E-state index is 12.9. The first-order valence-corrected chi connectivity index (χ1v) is 9.81. The molecule has 2 N–H and O–H groups in total. The molecule has 0 unspecified atom stereocenters. The molecule has 4 rings (SSSR count). The largest absolute Gasteiger partial charge is 0.452 e. The standard InChI is InChI=1S/C21H26N4O3/c1-13-12-24(20(26)14-3-4-14)19-9-15(16(10-22)11-23-17-6-7-17)5-8-18(19)25(13)21(27)28-2/h5,8-11,13-14,17H,3-4,6-7,12,22H2,1-2H3/t13-/m0/s1. The zero-order valence-electron chi connectivity index (χ0n) is 16.3. The van der Waals surface area contributed by atoms with Crippen LogP contribution in [0.5, 0.6) is 0 Å². The number of nitrogens with two attached hydrogens (primary N) is 1. The van der Waals surface area contributed by atoms with Crippen LogP contribution in [0.15, 0.2) is 29.4 Å². The van der Waals surface area contributed by atoms with Crippen molar-refractivity contribution in [2.24, 2.45) is 16.6 Å². The number of rotatable bonds is 4. The summed E-state index contributed by atoms with van der Waals surface area (Å²) in [4.78, 5) is 33.2. The van der Waals surface area contributed by atoms with Crippen molar-refractivity contribution in [3.63, 3.8) is 0 Å². The fraction of sp³-hybridized carbons (Fsp3) is 0.476. The lowest BCUT2D eigenvalue weighted by Crippen LogP contribution is -2.52. The Hall–Kier alpha value is -2.83. The van der Waals surface area contributed by atoms with Crippen LogP contribution in [0.3, 0.4) is 0 Å². The molecule has 2 amide bonds. The van der Waals surface area contributed by atoms with Crippen LogP contribution in [0.2, 0.25) is 0 Å². The Morgan fingerprint density at radius 1 is 1.21 bits per heavy atom.